The number of Topliss-reactive ketones (excluding diaryl/α,β-unsaturated/α-hetero) is 1. The molecule has 1 aromatic carbocycles. The lowest BCUT2D eigenvalue weighted by atomic mass is 9.48. The van der Waals surface area contributed by atoms with E-state index < -0.39 is 16.9 Å². The van der Waals surface area contributed by atoms with Gasteiger partial charge >= 0.3 is 0 Å². The van der Waals surface area contributed by atoms with Crippen molar-refractivity contribution >= 4 is 11.7 Å². The molecule has 3 N–H and O–H groups in total. The first kappa shape index (κ1) is 21.6. The first-order chi connectivity index (χ1) is 13.7. The number of nitrogens with two attached hydrogens (primary N) is 1. The molecule has 4 atom stereocenters. The molecule has 1 amide bonds. The average Bonchev–Trinajstić information content (AvgIpc) is 3.48. The second-order valence-electron chi connectivity index (χ2n) is 10.1. The van der Waals surface area contributed by atoms with Crippen molar-refractivity contribution in [1.29, 1.82) is 0 Å². The predicted octanol–water partition coefficient (Wildman–Crippen LogP) is -1.29. The van der Waals surface area contributed by atoms with Crippen LogP contribution in [0.5, 0.6) is 5.75 Å². The van der Waals surface area contributed by atoms with Crippen molar-refractivity contribution in [3.63, 3.8) is 0 Å². The summed E-state index contributed by atoms with van der Waals surface area (Å²) in [5.74, 6) is 0.861. The fourth-order valence-electron chi connectivity index (χ4n) is 6.92. The van der Waals surface area contributed by atoms with Crippen LogP contribution in [0.3, 0.4) is 0 Å². The Hall–Kier alpha value is -1.63. The number of methoxy groups -OCH3 is 1. The van der Waals surface area contributed by atoms with E-state index in [0.717, 1.165) is 47.5 Å². The second-order valence-corrected chi connectivity index (χ2v) is 10.1. The number of likely N-dealkylation sites (tertiary alicyclic amines) is 1. The minimum Gasteiger partial charge on any atom is -1.00 e. The number of ether oxygens (including phenoxy) is 1. The van der Waals surface area contributed by atoms with Gasteiger partial charge in [-0.2, -0.15) is 0 Å². The molecule has 5 rings (SSSR count). The first-order valence-electron chi connectivity index (χ1n) is 10.8. The molecule has 2 saturated carbocycles. The number of amides is 1. The number of ketones is 1. The van der Waals surface area contributed by atoms with Gasteiger partial charge in [-0.25, -0.2) is 0 Å². The van der Waals surface area contributed by atoms with E-state index in [1.54, 1.807) is 13.2 Å². The van der Waals surface area contributed by atoms with Crippen LogP contribution in [-0.4, -0.2) is 60.2 Å². The highest BCUT2D eigenvalue weighted by atomic mass is 35.5. The van der Waals surface area contributed by atoms with Gasteiger partial charge in [0.2, 0.25) is 0 Å². The van der Waals surface area contributed by atoms with Crippen molar-refractivity contribution < 1.29 is 36.3 Å². The minimum atomic E-state index is -0.973. The second kappa shape index (κ2) is 6.94. The van der Waals surface area contributed by atoms with Crippen LogP contribution in [0, 0.1) is 5.92 Å². The molecule has 1 aliphatic heterocycles. The normalized spacial score (nSPS) is 36.9. The molecule has 6 nitrogen and oxygen atoms in total. The molecule has 1 unspecified atom stereocenters. The van der Waals surface area contributed by atoms with E-state index in [4.69, 9.17) is 10.5 Å². The summed E-state index contributed by atoms with van der Waals surface area (Å²) in [6.45, 7) is 2.03. The molecule has 2 bridgehead atoms. The monoisotopic (exact) mass is 434 g/mol. The summed E-state index contributed by atoms with van der Waals surface area (Å²) >= 11 is 0. The number of halogens is 1. The third kappa shape index (κ3) is 2.76. The Bertz CT molecular complexity index is 917. The lowest BCUT2D eigenvalue weighted by Crippen LogP contribution is -3.00. The number of fused-ring (bicyclic) bond motifs is 1. The highest BCUT2D eigenvalue weighted by molar-refractivity contribution is 5.97. The zero-order valence-corrected chi connectivity index (χ0v) is 18.5. The molecule has 1 heterocycles. The molecule has 0 spiro atoms. The number of nitrogens with zero attached hydrogens (tertiary/aromatic N) is 1. The number of piperidine rings is 1. The lowest BCUT2D eigenvalue weighted by molar-refractivity contribution is -0.950. The summed E-state index contributed by atoms with van der Waals surface area (Å²) in [6.07, 6.45) is 5.25. The lowest BCUT2D eigenvalue weighted by Gasteiger charge is -2.65. The maximum atomic E-state index is 12.7. The maximum absolute atomic E-state index is 12.7. The zero-order chi connectivity index (χ0) is 20.6. The Kier molecular flexibility index (Phi) is 5.00. The molecule has 1 saturated heterocycles. The number of hydrogen-bond acceptors (Lipinski definition) is 4. The number of quaternary nitrogens is 1. The van der Waals surface area contributed by atoms with E-state index >= 15 is 0 Å². The number of rotatable bonds is 4. The summed E-state index contributed by atoms with van der Waals surface area (Å²) in [4.78, 5) is 24.8. The molecule has 7 heteroatoms. The number of benzene rings is 1. The van der Waals surface area contributed by atoms with Gasteiger partial charge in [0, 0.05) is 42.6 Å². The van der Waals surface area contributed by atoms with Crippen molar-refractivity contribution in [3.8, 4) is 5.75 Å². The molecule has 0 radical (unpaired) electrons. The molecule has 3 aliphatic carbocycles. The van der Waals surface area contributed by atoms with E-state index in [9.17, 15) is 14.7 Å². The molecule has 3 fully saturated rings. The fourth-order valence-corrected chi connectivity index (χ4v) is 6.92. The van der Waals surface area contributed by atoms with Crippen LogP contribution in [-0.2, 0) is 16.6 Å². The maximum Gasteiger partial charge on any atom is 0.252 e. The Balaban J connectivity index is 0.00000218. The van der Waals surface area contributed by atoms with Gasteiger partial charge in [0.25, 0.3) is 5.91 Å². The Labute approximate surface area is 183 Å². The Morgan fingerprint density at radius 2 is 2.07 bits per heavy atom. The number of carbonyl (C=O) groups excluding carboxylic acids is 2. The van der Waals surface area contributed by atoms with Crippen LogP contribution < -0.4 is 22.9 Å². The zero-order valence-electron chi connectivity index (χ0n) is 17.7. The molecule has 164 valence electrons. The van der Waals surface area contributed by atoms with E-state index in [1.165, 1.54) is 12.8 Å². The van der Waals surface area contributed by atoms with Crippen LogP contribution in [0.25, 0.3) is 0 Å². The van der Waals surface area contributed by atoms with Crippen molar-refractivity contribution in [1.82, 2.24) is 0 Å². The van der Waals surface area contributed by atoms with E-state index in [1.807, 2.05) is 6.07 Å². The summed E-state index contributed by atoms with van der Waals surface area (Å²) in [5, 5.41) is 12.3. The fraction of sp³-hybridized carbons (Fsp3) is 0.652. The summed E-state index contributed by atoms with van der Waals surface area (Å²) < 4.78 is 6.59. The van der Waals surface area contributed by atoms with Gasteiger partial charge in [0.05, 0.1) is 32.8 Å². The van der Waals surface area contributed by atoms with Gasteiger partial charge in [0.1, 0.15) is 23.2 Å². The van der Waals surface area contributed by atoms with Crippen LogP contribution in [0.4, 0.5) is 0 Å². The van der Waals surface area contributed by atoms with E-state index in [0.29, 0.717) is 30.6 Å². The summed E-state index contributed by atoms with van der Waals surface area (Å²) in [6, 6.07) is 3.77. The van der Waals surface area contributed by atoms with Crippen molar-refractivity contribution in [3.05, 3.63) is 28.8 Å². The van der Waals surface area contributed by atoms with Gasteiger partial charge in [-0.3, -0.25) is 9.59 Å². The van der Waals surface area contributed by atoms with Gasteiger partial charge in [-0.1, -0.05) is 6.07 Å². The van der Waals surface area contributed by atoms with Gasteiger partial charge in [0.15, 0.2) is 0 Å². The predicted molar refractivity (Wildman–Crippen MR) is 108 cm³/mol. The highest BCUT2D eigenvalue weighted by Gasteiger charge is 2.70. The SMILES string of the molecule is COc1c(C(N)=O)ccc2c1[C@]13CC[N+](C)(CC4CC4)[C@H](C2)[C@]1(O)CCC(=O)C3.[Cl-]. The average molecular weight is 435 g/mol. The molecule has 0 aromatic heterocycles. The van der Waals surface area contributed by atoms with Crippen LogP contribution >= 0.6 is 0 Å². The topological polar surface area (TPSA) is 89.6 Å². The number of hydrogen-bond donors (Lipinski definition) is 2. The standard InChI is InChI=1S/C23H30N2O4.ClH/c1-25(13-14-3-4-14)10-9-22-12-16(26)7-8-23(22,28)18(25)11-15-5-6-17(21(24)27)20(29-2)19(15)22;/h5-6,14,18,28H,3-4,7-13H2,1-2H3,(H-,24,27);1H/t18-,22-,23-,25?;/m1./s1. The first-order valence-corrected chi connectivity index (χ1v) is 10.8. The van der Waals surface area contributed by atoms with Crippen LogP contribution in [0.15, 0.2) is 12.1 Å². The highest BCUT2D eigenvalue weighted by Crippen LogP contribution is 2.61. The van der Waals surface area contributed by atoms with Gasteiger partial charge in [-0.15, -0.1) is 0 Å². The van der Waals surface area contributed by atoms with Gasteiger partial charge in [-0.05, 0) is 30.9 Å². The largest absolute Gasteiger partial charge is 1.00 e. The third-order valence-corrected chi connectivity index (χ3v) is 8.44. The molecule has 30 heavy (non-hydrogen) atoms. The van der Waals surface area contributed by atoms with Crippen molar-refractivity contribution in [2.24, 2.45) is 11.7 Å². The summed E-state index contributed by atoms with van der Waals surface area (Å²) in [5.41, 5.74) is 6.25. The molecule has 1 aromatic rings. The number of carbonyl (C=O) groups is 2. The van der Waals surface area contributed by atoms with Gasteiger partial charge < -0.3 is 32.5 Å². The van der Waals surface area contributed by atoms with Crippen molar-refractivity contribution in [2.75, 3.05) is 27.2 Å². The Morgan fingerprint density at radius 3 is 2.70 bits per heavy atom. The van der Waals surface area contributed by atoms with Crippen molar-refractivity contribution in [2.45, 2.75) is 62.0 Å². The van der Waals surface area contributed by atoms with Crippen LogP contribution in [0.1, 0.15) is 60.0 Å². The summed E-state index contributed by atoms with van der Waals surface area (Å²) in [7, 11) is 3.84. The molecular formula is C23H31ClN2O4. The number of likely N-dealkylation sites (N-methyl/N-ethyl adjacent to an activating group) is 1. The smallest absolute Gasteiger partial charge is 0.252 e. The number of primary amides is 1. The Morgan fingerprint density at radius 1 is 1.33 bits per heavy atom. The molecule has 4 aliphatic rings. The molecular weight excluding hydrogens is 404 g/mol. The third-order valence-electron chi connectivity index (χ3n) is 8.44. The minimum absolute atomic E-state index is 0. The van der Waals surface area contributed by atoms with E-state index in [-0.39, 0.29) is 24.2 Å². The van der Waals surface area contributed by atoms with E-state index in [2.05, 4.69) is 7.05 Å². The van der Waals surface area contributed by atoms with Crippen LogP contribution in [0.2, 0.25) is 0 Å². The quantitative estimate of drug-likeness (QED) is 0.577. The number of aliphatic hydroxyl groups is 1.